The third-order valence-electron chi connectivity index (χ3n) is 5.81. The highest BCUT2D eigenvalue weighted by atomic mass is 35.5. The number of fused-ring (bicyclic) bond motifs is 1. The molecule has 1 amide bonds. The average molecular weight is 502 g/mol. The van der Waals surface area contributed by atoms with Gasteiger partial charge in [-0.3, -0.25) is 4.79 Å². The Hall–Kier alpha value is -3.17. The van der Waals surface area contributed by atoms with Crippen molar-refractivity contribution in [3.8, 4) is 11.5 Å². The summed E-state index contributed by atoms with van der Waals surface area (Å²) in [4.78, 5) is 22.2. The standard InChI is InChI=1S/C25H29ClFN5O3/c1-3-34-23-14-22-19(25(30-15-29-22)31-17-4-5-21(27)20(26)12-17)13-24(23)35-18-6-9-32(10-7-18)11-8-28-16(2)33/h4-5,12-15,18H,3,6-11H2,1-2H3,(H,28,33)(H,29,30,31). The molecule has 35 heavy (non-hydrogen) atoms. The molecule has 8 nitrogen and oxygen atoms in total. The number of carbonyl (C=O) groups excluding carboxylic acids is 1. The maximum absolute atomic E-state index is 13.6. The quantitative estimate of drug-likeness (QED) is 0.445. The fourth-order valence-electron chi connectivity index (χ4n) is 4.05. The van der Waals surface area contributed by atoms with Gasteiger partial charge in [0.2, 0.25) is 5.91 Å². The Balaban J connectivity index is 1.52. The molecule has 0 bridgehead atoms. The van der Waals surface area contributed by atoms with E-state index in [4.69, 9.17) is 21.1 Å². The van der Waals surface area contributed by atoms with E-state index in [1.807, 2.05) is 19.1 Å². The smallest absolute Gasteiger partial charge is 0.216 e. The summed E-state index contributed by atoms with van der Waals surface area (Å²) in [7, 11) is 0. The first-order chi connectivity index (χ1) is 16.9. The summed E-state index contributed by atoms with van der Waals surface area (Å²) in [5, 5.41) is 6.81. The van der Waals surface area contributed by atoms with Gasteiger partial charge in [-0.2, -0.15) is 0 Å². The van der Waals surface area contributed by atoms with E-state index in [9.17, 15) is 9.18 Å². The van der Waals surface area contributed by atoms with E-state index >= 15 is 0 Å². The van der Waals surface area contributed by atoms with Gasteiger partial charge in [-0.1, -0.05) is 11.6 Å². The summed E-state index contributed by atoms with van der Waals surface area (Å²) >= 11 is 5.93. The molecule has 0 spiro atoms. The number of hydrogen-bond donors (Lipinski definition) is 2. The van der Waals surface area contributed by atoms with Gasteiger partial charge in [0.15, 0.2) is 11.5 Å². The molecular formula is C25H29ClFN5O3. The first-order valence-electron chi connectivity index (χ1n) is 11.7. The molecule has 0 unspecified atom stereocenters. The SMILES string of the molecule is CCOc1cc2ncnc(Nc3ccc(F)c(Cl)c3)c2cc1OC1CCN(CCNC(C)=O)CC1. The molecule has 2 N–H and O–H groups in total. The van der Waals surface area contributed by atoms with Gasteiger partial charge in [0.05, 0.1) is 17.1 Å². The first-order valence-corrected chi connectivity index (χ1v) is 12.1. The van der Waals surface area contributed by atoms with Gasteiger partial charge in [-0.15, -0.1) is 0 Å². The number of hydrogen-bond acceptors (Lipinski definition) is 7. The van der Waals surface area contributed by atoms with Crippen molar-refractivity contribution in [2.24, 2.45) is 0 Å². The van der Waals surface area contributed by atoms with Crippen LogP contribution in [-0.2, 0) is 4.79 Å². The van der Waals surface area contributed by atoms with E-state index in [2.05, 4.69) is 25.5 Å². The fourth-order valence-corrected chi connectivity index (χ4v) is 4.24. The number of amides is 1. The van der Waals surface area contributed by atoms with Gasteiger partial charge in [0.1, 0.15) is 24.1 Å². The van der Waals surface area contributed by atoms with Gasteiger partial charge in [0.25, 0.3) is 0 Å². The summed E-state index contributed by atoms with van der Waals surface area (Å²) < 4.78 is 25.8. The number of anilines is 2. The lowest BCUT2D eigenvalue weighted by Gasteiger charge is -2.32. The van der Waals surface area contributed by atoms with Gasteiger partial charge >= 0.3 is 0 Å². The Morgan fingerprint density at radius 2 is 2.00 bits per heavy atom. The summed E-state index contributed by atoms with van der Waals surface area (Å²) in [6, 6.07) is 8.15. The predicted octanol–water partition coefficient (Wildman–Crippen LogP) is 4.54. The van der Waals surface area contributed by atoms with Crippen LogP contribution in [0.4, 0.5) is 15.9 Å². The Labute approximate surface area is 208 Å². The number of ether oxygens (including phenoxy) is 2. The minimum Gasteiger partial charge on any atom is -0.490 e. The van der Waals surface area contributed by atoms with E-state index in [1.54, 1.807) is 6.07 Å². The van der Waals surface area contributed by atoms with Crippen molar-refractivity contribution in [3.05, 3.63) is 47.5 Å². The number of rotatable bonds is 9. The average Bonchev–Trinajstić information content (AvgIpc) is 2.83. The number of piperidine rings is 1. The largest absolute Gasteiger partial charge is 0.490 e. The monoisotopic (exact) mass is 501 g/mol. The molecule has 0 radical (unpaired) electrons. The molecule has 1 aliphatic rings. The Bertz CT molecular complexity index is 1190. The molecule has 0 aliphatic carbocycles. The lowest BCUT2D eigenvalue weighted by molar-refractivity contribution is -0.119. The minimum atomic E-state index is -0.483. The van der Waals surface area contributed by atoms with Gasteiger partial charge in [-0.25, -0.2) is 14.4 Å². The second-order valence-corrected chi connectivity index (χ2v) is 8.77. The van der Waals surface area contributed by atoms with E-state index in [-0.39, 0.29) is 17.0 Å². The molecule has 1 saturated heterocycles. The van der Waals surface area contributed by atoms with Crippen molar-refractivity contribution < 1.29 is 18.7 Å². The Morgan fingerprint density at radius 1 is 1.20 bits per heavy atom. The van der Waals surface area contributed by atoms with Crippen molar-refractivity contribution >= 4 is 39.9 Å². The van der Waals surface area contributed by atoms with Crippen molar-refractivity contribution in [1.29, 1.82) is 0 Å². The molecule has 2 heterocycles. The van der Waals surface area contributed by atoms with Crippen molar-refractivity contribution in [2.45, 2.75) is 32.8 Å². The van der Waals surface area contributed by atoms with Crippen LogP contribution in [0.5, 0.6) is 11.5 Å². The topological polar surface area (TPSA) is 88.6 Å². The number of carbonyl (C=O) groups is 1. The van der Waals surface area contributed by atoms with Gasteiger partial charge in [0, 0.05) is 50.2 Å². The van der Waals surface area contributed by atoms with Crippen LogP contribution in [0.3, 0.4) is 0 Å². The molecule has 10 heteroatoms. The zero-order valence-corrected chi connectivity index (χ0v) is 20.6. The van der Waals surface area contributed by atoms with Crippen LogP contribution < -0.4 is 20.1 Å². The third-order valence-corrected chi connectivity index (χ3v) is 6.10. The minimum absolute atomic E-state index is 0.0108. The predicted molar refractivity (Wildman–Crippen MR) is 134 cm³/mol. The molecule has 1 fully saturated rings. The number of aromatic nitrogens is 2. The lowest BCUT2D eigenvalue weighted by Crippen LogP contribution is -2.41. The second-order valence-electron chi connectivity index (χ2n) is 8.37. The molecule has 186 valence electrons. The molecule has 3 aromatic rings. The van der Waals surface area contributed by atoms with Crippen LogP contribution in [0.2, 0.25) is 5.02 Å². The normalized spacial score (nSPS) is 14.6. The number of likely N-dealkylation sites (tertiary alicyclic amines) is 1. The van der Waals surface area contributed by atoms with Crippen molar-refractivity contribution in [3.63, 3.8) is 0 Å². The highest BCUT2D eigenvalue weighted by molar-refractivity contribution is 6.31. The van der Waals surface area contributed by atoms with Crippen LogP contribution >= 0.6 is 11.6 Å². The number of nitrogens with one attached hydrogen (secondary N) is 2. The van der Waals surface area contributed by atoms with Crippen LogP contribution in [0.25, 0.3) is 10.9 Å². The van der Waals surface area contributed by atoms with Crippen LogP contribution in [-0.4, -0.2) is 59.7 Å². The first kappa shape index (κ1) is 24.9. The Morgan fingerprint density at radius 3 is 2.71 bits per heavy atom. The van der Waals surface area contributed by atoms with E-state index in [0.29, 0.717) is 41.7 Å². The highest BCUT2D eigenvalue weighted by Gasteiger charge is 2.22. The zero-order chi connectivity index (χ0) is 24.8. The van der Waals surface area contributed by atoms with E-state index < -0.39 is 5.82 Å². The van der Waals surface area contributed by atoms with E-state index in [1.165, 1.54) is 25.4 Å². The maximum Gasteiger partial charge on any atom is 0.216 e. The van der Waals surface area contributed by atoms with Crippen molar-refractivity contribution in [1.82, 2.24) is 20.2 Å². The van der Waals surface area contributed by atoms with Gasteiger partial charge < -0.3 is 25.0 Å². The number of nitrogens with zero attached hydrogens (tertiary/aromatic N) is 3. The molecule has 1 aromatic heterocycles. The molecule has 1 aliphatic heterocycles. The van der Waals surface area contributed by atoms with Crippen LogP contribution in [0.15, 0.2) is 36.7 Å². The molecule has 0 saturated carbocycles. The third kappa shape index (κ3) is 6.49. The van der Waals surface area contributed by atoms with Gasteiger partial charge in [-0.05, 0) is 44.0 Å². The summed E-state index contributed by atoms with van der Waals surface area (Å²) in [5.74, 6) is 1.32. The van der Waals surface area contributed by atoms with E-state index in [0.717, 1.165) is 37.9 Å². The van der Waals surface area contributed by atoms with Crippen LogP contribution in [0, 0.1) is 5.82 Å². The number of halogens is 2. The number of benzene rings is 2. The van der Waals surface area contributed by atoms with Crippen LogP contribution in [0.1, 0.15) is 26.7 Å². The summed E-state index contributed by atoms with van der Waals surface area (Å²) in [6.45, 7) is 7.20. The fraction of sp³-hybridized carbons (Fsp3) is 0.400. The lowest BCUT2D eigenvalue weighted by atomic mass is 10.1. The summed E-state index contributed by atoms with van der Waals surface area (Å²) in [6.07, 6.45) is 3.24. The van der Waals surface area contributed by atoms with Crippen molar-refractivity contribution in [2.75, 3.05) is 38.1 Å². The molecule has 0 atom stereocenters. The zero-order valence-electron chi connectivity index (χ0n) is 19.8. The highest BCUT2D eigenvalue weighted by Crippen LogP contribution is 2.36. The molecular weight excluding hydrogens is 473 g/mol. The molecule has 2 aromatic carbocycles. The second kappa shape index (κ2) is 11.5. The summed E-state index contributed by atoms with van der Waals surface area (Å²) in [5.41, 5.74) is 1.30. The maximum atomic E-state index is 13.6. The Kier molecular flexibility index (Phi) is 8.20. The molecule has 4 rings (SSSR count).